The SMILES string of the molecule is Cc1ccc(-n2ncc(C(=O)N3CCC(N)CC3)c2C2CC2)cc1Cl.Cl. The molecular formula is C19H24Cl2N4O. The Balaban J connectivity index is 0.00000196. The lowest BCUT2D eigenvalue weighted by atomic mass is 10.0. The minimum Gasteiger partial charge on any atom is -0.338 e. The van der Waals surface area contributed by atoms with Crippen LogP contribution in [0, 0.1) is 6.92 Å². The Morgan fingerprint density at radius 2 is 1.92 bits per heavy atom. The number of carbonyl (C=O) groups excluding carboxylic acids is 1. The Morgan fingerprint density at radius 3 is 2.54 bits per heavy atom. The number of aromatic nitrogens is 2. The molecule has 140 valence electrons. The van der Waals surface area contributed by atoms with Gasteiger partial charge in [0.15, 0.2) is 0 Å². The molecule has 1 aliphatic carbocycles. The van der Waals surface area contributed by atoms with Crippen molar-refractivity contribution in [1.29, 1.82) is 0 Å². The van der Waals surface area contributed by atoms with Crippen molar-refractivity contribution >= 4 is 29.9 Å². The predicted molar refractivity (Wildman–Crippen MR) is 106 cm³/mol. The lowest BCUT2D eigenvalue weighted by molar-refractivity contribution is 0.0713. The fraction of sp³-hybridized carbons (Fsp3) is 0.474. The highest BCUT2D eigenvalue weighted by Gasteiger charge is 2.34. The van der Waals surface area contributed by atoms with Gasteiger partial charge in [0, 0.05) is 30.1 Å². The Kier molecular flexibility index (Phi) is 5.61. The fourth-order valence-electron chi connectivity index (χ4n) is 3.46. The number of nitrogens with two attached hydrogens (primary N) is 1. The third-order valence-corrected chi connectivity index (χ3v) is 5.63. The van der Waals surface area contributed by atoms with Crippen molar-refractivity contribution in [2.24, 2.45) is 5.73 Å². The van der Waals surface area contributed by atoms with Crippen molar-refractivity contribution in [3.8, 4) is 5.69 Å². The maximum absolute atomic E-state index is 13.0. The lowest BCUT2D eigenvalue weighted by Gasteiger charge is -2.30. The summed E-state index contributed by atoms with van der Waals surface area (Å²) in [4.78, 5) is 14.9. The number of piperidine rings is 1. The summed E-state index contributed by atoms with van der Waals surface area (Å²) in [5.74, 6) is 0.492. The molecule has 1 aromatic heterocycles. The first-order valence-corrected chi connectivity index (χ1v) is 9.31. The van der Waals surface area contributed by atoms with Crippen LogP contribution >= 0.6 is 24.0 Å². The van der Waals surface area contributed by atoms with Gasteiger partial charge in [0.25, 0.3) is 5.91 Å². The molecule has 4 rings (SSSR count). The molecule has 2 heterocycles. The summed E-state index contributed by atoms with van der Waals surface area (Å²) in [5, 5.41) is 5.25. The molecule has 1 amide bonds. The molecule has 0 spiro atoms. The second-order valence-corrected chi connectivity index (χ2v) is 7.60. The van der Waals surface area contributed by atoms with E-state index in [9.17, 15) is 4.79 Å². The molecular weight excluding hydrogens is 371 g/mol. The van der Waals surface area contributed by atoms with Gasteiger partial charge in [-0.25, -0.2) is 4.68 Å². The van der Waals surface area contributed by atoms with Gasteiger partial charge in [-0.1, -0.05) is 17.7 Å². The van der Waals surface area contributed by atoms with Crippen LogP contribution in [-0.4, -0.2) is 39.7 Å². The average molecular weight is 395 g/mol. The largest absolute Gasteiger partial charge is 0.338 e. The van der Waals surface area contributed by atoms with Gasteiger partial charge in [-0.3, -0.25) is 4.79 Å². The van der Waals surface area contributed by atoms with E-state index in [-0.39, 0.29) is 24.4 Å². The molecule has 2 aromatic rings. The number of likely N-dealkylation sites (tertiary alicyclic amines) is 1. The normalized spacial score (nSPS) is 17.9. The summed E-state index contributed by atoms with van der Waals surface area (Å²) in [7, 11) is 0. The van der Waals surface area contributed by atoms with Crippen LogP contribution in [0.25, 0.3) is 5.69 Å². The fourth-order valence-corrected chi connectivity index (χ4v) is 3.64. The van der Waals surface area contributed by atoms with Crippen LogP contribution in [0.4, 0.5) is 0 Å². The highest BCUT2D eigenvalue weighted by Crippen LogP contribution is 2.43. The van der Waals surface area contributed by atoms with Crippen LogP contribution in [0.5, 0.6) is 0 Å². The number of carbonyl (C=O) groups is 1. The summed E-state index contributed by atoms with van der Waals surface area (Å²) in [6.07, 6.45) is 5.67. The molecule has 5 nitrogen and oxygen atoms in total. The Bertz CT molecular complexity index is 808. The van der Waals surface area contributed by atoms with Crippen LogP contribution in [0.3, 0.4) is 0 Å². The van der Waals surface area contributed by atoms with E-state index in [4.69, 9.17) is 17.3 Å². The molecule has 2 aliphatic rings. The van der Waals surface area contributed by atoms with E-state index < -0.39 is 0 Å². The third-order valence-electron chi connectivity index (χ3n) is 5.23. The smallest absolute Gasteiger partial charge is 0.257 e. The third kappa shape index (κ3) is 3.61. The number of hydrogen-bond acceptors (Lipinski definition) is 3. The van der Waals surface area contributed by atoms with Gasteiger partial charge in [-0.2, -0.15) is 5.10 Å². The minimum atomic E-state index is 0. The maximum atomic E-state index is 13.0. The summed E-state index contributed by atoms with van der Waals surface area (Å²) in [6.45, 7) is 3.43. The topological polar surface area (TPSA) is 64.2 Å². The van der Waals surface area contributed by atoms with Gasteiger partial charge in [0.05, 0.1) is 23.1 Å². The molecule has 0 atom stereocenters. The number of hydrogen-bond donors (Lipinski definition) is 1. The van der Waals surface area contributed by atoms with Gasteiger partial charge in [0.1, 0.15) is 0 Å². The Hall–Kier alpha value is -1.56. The van der Waals surface area contributed by atoms with E-state index in [1.165, 1.54) is 0 Å². The van der Waals surface area contributed by atoms with Crippen LogP contribution in [-0.2, 0) is 0 Å². The molecule has 1 saturated heterocycles. The number of amides is 1. The first kappa shape index (κ1) is 19.2. The zero-order chi connectivity index (χ0) is 17.6. The molecule has 2 fully saturated rings. The Labute approximate surface area is 164 Å². The second-order valence-electron chi connectivity index (χ2n) is 7.19. The van der Waals surface area contributed by atoms with Gasteiger partial charge in [-0.15, -0.1) is 12.4 Å². The van der Waals surface area contributed by atoms with E-state index in [2.05, 4.69) is 5.10 Å². The molecule has 1 aliphatic heterocycles. The number of aryl methyl sites for hydroxylation is 1. The highest BCUT2D eigenvalue weighted by molar-refractivity contribution is 6.31. The summed E-state index contributed by atoms with van der Waals surface area (Å²) < 4.78 is 1.89. The lowest BCUT2D eigenvalue weighted by Crippen LogP contribution is -2.43. The minimum absolute atomic E-state index is 0. The molecule has 0 unspecified atom stereocenters. The Morgan fingerprint density at radius 1 is 1.23 bits per heavy atom. The molecule has 1 aromatic carbocycles. The zero-order valence-electron chi connectivity index (χ0n) is 14.8. The number of benzene rings is 1. The molecule has 2 N–H and O–H groups in total. The molecule has 1 saturated carbocycles. The van der Waals surface area contributed by atoms with E-state index in [1.807, 2.05) is 34.7 Å². The zero-order valence-corrected chi connectivity index (χ0v) is 16.4. The van der Waals surface area contributed by atoms with Crippen molar-refractivity contribution in [3.63, 3.8) is 0 Å². The second kappa shape index (κ2) is 7.59. The number of halogens is 2. The molecule has 7 heteroatoms. The van der Waals surface area contributed by atoms with E-state index in [0.717, 1.165) is 61.3 Å². The van der Waals surface area contributed by atoms with Crippen LogP contribution in [0.1, 0.15) is 53.2 Å². The molecule has 26 heavy (non-hydrogen) atoms. The van der Waals surface area contributed by atoms with E-state index in [0.29, 0.717) is 10.9 Å². The van der Waals surface area contributed by atoms with E-state index in [1.54, 1.807) is 6.20 Å². The monoisotopic (exact) mass is 394 g/mol. The average Bonchev–Trinajstić information content (AvgIpc) is 3.35. The van der Waals surface area contributed by atoms with Crippen molar-refractivity contribution in [1.82, 2.24) is 14.7 Å². The van der Waals surface area contributed by atoms with Crippen molar-refractivity contribution in [2.75, 3.05) is 13.1 Å². The predicted octanol–water partition coefficient (Wildman–Crippen LogP) is 3.70. The first-order valence-electron chi connectivity index (χ1n) is 8.94. The van der Waals surface area contributed by atoms with Gasteiger partial charge in [-0.05, 0) is 50.3 Å². The van der Waals surface area contributed by atoms with Gasteiger partial charge < -0.3 is 10.6 Å². The van der Waals surface area contributed by atoms with Crippen molar-refractivity contribution in [3.05, 3.63) is 46.2 Å². The highest BCUT2D eigenvalue weighted by atomic mass is 35.5. The first-order chi connectivity index (χ1) is 12.0. The quantitative estimate of drug-likeness (QED) is 0.862. The van der Waals surface area contributed by atoms with Crippen molar-refractivity contribution in [2.45, 2.75) is 44.6 Å². The molecule has 0 bridgehead atoms. The van der Waals surface area contributed by atoms with Crippen molar-refractivity contribution < 1.29 is 4.79 Å². The summed E-state index contributed by atoms with van der Waals surface area (Å²) in [6, 6.07) is 6.13. The summed E-state index contributed by atoms with van der Waals surface area (Å²) >= 11 is 6.29. The molecule has 0 radical (unpaired) electrons. The van der Waals surface area contributed by atoms with E-state index >= 15 is 0 Å². The standard InChI is InChI=1S/C19H23ClN4O.ClH/c1-12-2-5-15(10-17(12)20)24-18(13-3-4-13)16(11-22-24)19(25)23-8-6-14(21)7-9-23;/h2,5,10-11,13-14H,3-4,6-9,21H2,1H3;1H. The summed E-state index contributed by atoms with van der Waals surface area (Å²) in [5.41, 5.74) is 9.67. The van der Waals surface area contributed by atoms with Gasteiger partial charge in [0.2, 0.25) is 0 Å². The van der Waals surface area contributed by atoms with Crippen LogP contribution in [0.15, 0.2) is 24.4 Å². The maximum Gasteiger partial charge on any atom is 0.257 e. The van der Waals surface area contributed by atoms with Gasteiger partial charge >= 0.3 is 0 Å². The number of nitrogens with zero attached hydrogens (tertiary/aromatic N) is 3. The van der Waals surface area contributed by atoms with Crippen LogP contribution in [0.2, 0.25) is 5.02 Å². The van der Waals surface area contributed by atoms with Crippen LogP contribution < -0.4 is 5.73 Å². The number of rotatable bonds is 3.